The lowest BCUT2D eigenvalue weighted by Crippen LogP contribution is -2.41. The number of benzene rings is 1. The maximum absolute atomic E-state index is 12.2. The molecule has 0 aliphatic carbocycles. The molecule has 1 saturated heterocycles. The number of rotatable bonds is 4. The Morgan fingerprint density at radius 1 is 1.33 bits per heavy atom. The predicted octanol–water partition coefficient (Wildman–Crippen LogP) is 1.19. The van der Waals surface area contributed by atoms with Gasteiger partial charge in [-0.1, -0.05) is 6.07 Å². The summed E-state index contributed by atoms with van der Waals surface area (Å²) in [6.07, 6.45) is 2.12. The molecule has 2 N–H and O–H groups in total. The molecule has 1 atom stereocenters. The van der Waals surface area contributed by atoms with Gasteiger partial charge < -0.3 is 19.8 Å². The van der Waals surface area contributed by atoms with Crippen LogP contribution in [0.2, 0.25) is 0 Å². The first-order chi connectivity index (χ1) is 10.0. The molecule has 0 aromatic heterocycles. The SMILES string of the molecule is COC(=O)[C@@H]1CCCN1C(=O)CCc1ccc(O)c(O)c1. The zero-order chi connectivity index (χ0) is 15.4. The van der Waals surface area contributed by atoms with E-state index in [0.29, 0.717) is 19.4 Å². The number of nitrogens with zero attached hydrogens (tertiary/aromatic N) is 1. The molecule has 6 heteroatoms. The van der Waals surface area contributed by atoms with Crippen LogP contribution in [0.25, 0.3) is 0 Å². The number of hydrogen-bond acceptors (Lipinski definition) is 5. The zero-order valence-corrected chi connectivity index (χ0v) is 11.9. The number of esters is 1. The molecule has 1 aromatic carbocycles. The van der Waals surface area contributed by atoms with E-state index < -0.39 is 6.04 Å². The fraction of sp³-hybridized carbons (Fsp3) is 0.467. The number of methoxy groups -OCH3 is 1. The minimum atomic E-state index is -0.476. The summed E-state index contributed by atoms with van der Waals surface area (Å²) in [7, 11) is 1.32. The molecule has 1 aliphatic rings. The molecule has 1 amide bonds. The van der Waals surface area contributed by atoms with Crippen LogP contribution in [-0.4, -0.2) is 46.7 Å². The number of ether oxygens (including phenoxy) is 1. The summed E-state index contributed by atoms with van der Waals surface area (Å²) in [5.41, 5.74) is 0.757. The largest absolute Gasteiger partial charge is 0.504 e. The second kappa shape index (κ2) is 6.47. The Labute approximate surface area is 122 Å². The Morgan fingerprint density at radius 3 is 2.76 bits per heavy atom. The highest BCUT2D eigenvalue weighted by atomic mass is 16.5. The minimum absolute atomic E-state index is 0.101. The van der Waals surface area contributed by atoms with Crippen LogP contribution in [-0.2, 0) is 20.7 Å². The van der Waals surface area contributed by atoms with Gasteiger partial charge >= 0.3 is 5.97 Å². The minimum Gasteiger partial charge on any atom is -0.504 e. The number of aryl methyl sites for hydroxylation is 1. The van der Waals surface area contributed by atoms with Crippen molar-refractivity contribution in [3.8, 4) is 11.5 Å². The lowest BCUT2D eigenvalue weighted by atomic mass is 10.1. The Kier molecular flexibility index (Phi) is 4.67. The summed E-state index contributed by atoms with van der Waals surface area (Å²) in [5, 5.41) is 18.7. The highest BCUT2D eigenvalue weighted by molar-refractivity contribution is 5.85. The molecular formula is C15H19NO5. The standard InChI is InChI=1S/C15H19NO5/c1-21-15(20)11-3-2-8-16(11)14(19)7-5-10-4-6-12(17)13(18)9-10/h4,6,9,11,17-18H,2-3,5,7-8H2,1H3/t11-/m0/s1. The summed E-state index contributed by atoms with van der Waals surface area (Å²) in [6, 6.07) is 4.01. The van der Waals surface area contributed by atoms with Gasteiger partial charge in [0.1, 0.15) is 6.04 Å². The van der Waals surface area contributed by atoms with E-state index in [-0.39, 0.29) is 29.8 Å². The second-order valence-electron chi connectivity index (χ2n) is 5.09. The molecule has 1 fully saturated rings. The van der Waals surface area contributed by atoms with Crippen LogP contribution in [0, 0.1) is 0 Å². The maximum atomic E-state index is 12.2. The average Bonchev–Trinajstić information content (AvgIpc) is 2.97. The lowest BCUT2D eigenvalue weighted by molar-refractivity contribution is -0.150. The molecule has 0 unspecified atom stereocenters. The zero-order valence-electron chi connectivity index (χ0n) is 11.9. The first-order valence-corrected chi connectivity index (χ1v) is 6.91. The number of aromatic hydroxyl groups is 2. The summed E-state index contributed by atoms with van der Waals surface area (Å²) >= 11 is 0. The monoisotopic (exact) mass is 293 g/mol. The number of carbonyl (C=O) groups is 2. The van der Waals surface area contributed by atoms with Gasteiger partial charge in [-0.05, 0) is 37.0 Å². The molecule has 0 saturated carbocycles. The Hall–Kier alpha value is -2.24. The van der Waals surface area contributed by atoms with Crippen LogP contribution < -0.4 is 0 Å². The summed E-state index contributed by atoms with van der Waals surface area (Å²) in [5.74, 6) is -0.859. The Balaban J connectivity index is 1.94. The van der Waals surface area contributed by atoms with Crippen molar-refractivity contribution in [3.63, 3.8) is 0 Å². The van der Waals surface area contributed by atoms with Crippen LogP contribution in [0.15, 0.2) is 18.2 Å². The molecule has 0 bridgehead atoms. The summed E-state index contributed by atoms with van der Waals surface area (Å²) in [4.78, 5) is 25.4. The smallest absolute Gasteiger partial charge is 0.328 e. The van der Waals surface area contributed by atoms with Gasteiger partial charge in [0.15, 0.2) is 11.5 Å². The van der Waals surface area contributed by atoms with Gasteiger partial charge in [-0.3, -0.25) is 4.79 Å². The van der Waals surface area contributed by atoms with E-state index in [2.05, 4.69) is 0 Å². The molecule has 1 aromatic rings. The quantitative estimate of drug-likeness (QED) is 0.643. The molecule has 0 spiro atoms. The van der Waals surface area contributed by atoms with Crippen LogP contribution in [0.1, 0.15) is 24.8 Å². The Morgan fingerprint density at radius 2 is 2.10 bits per heavy atom. The number of hydrogen-bond donors (Lipinski definition) is 2. The van der Waals surface area contributed by atoms with Crippen molar-refractivity contribution in [1.82, 2.24) is 4.90 Å². The molecule has 21 heavy (non-hydrogen) atoms. The Bertz CT molecular complexity index is 543. The fourth-order valence-corrected chi connectivity index (χ4v) is 2.57. The van der Waals surface area contributed by atoms with Crippen molar-refractivity contribution in [2.24, 2.45) is 0 Å². The molecule has 1 aliphatic heterocycles. The fourth-order valence-electron chi connectivity index (χ4n) is 2.57. The molecule has 1 heterocycles. The highest BCUT2D eigenvalue weighted by Gasteiger charge is 2.34. The van der Waals surface area contributed by atoms with Crippen LogP contribution >= 0.6 is 0 Å². The van der Waals surface area contributed by atoms with Gasteiger partial charge in [-0.15, -0.1) is 0 Å². The van der Waals surface area contributed by atoms with E-state index in [1.807, 2.05) is 0 Å². The third-order valence-electron chi connectivity index (χ3n) is 3.71. The first-order valence-electron chi connectivity index (χ1n) is 6.91. The van der Waals surface area contributed by atoms with E-state index in [4.69, 9.17) is 4.74 Å². The first kappa shape index (κ1) is 15.2. The predicted molar refractivity (Wildman–Crippen MR) is 74.8 cm³/mol. The van der Waals surface area contributed by atoms with E-state index in [9.17, 15) is 19.8 Å². The van der Waals surface area contributed by atoms with Crippen molar-refractivity contribution < 1.29 is 24.5 Å². The number of likely N-dealkylation sites (tertiary alicyclic amines) is 1. The van der Waals surface area contributed by atoms with Gasteiger partial charge in [-0.25, -0.2) is 4.79 Å². The molecule has 114 valence electrons. The van der Waals surface area contributed by atoms with E-state index >= 15 is 0 Å². The van der Waals surface area contributed by atoms with Crippen molar-refractivity contribution in [1.29, 1.82) is 0 Å². The molecule has 2 rings (SSSR count). The summed E-state index contributed by atoms with van der Waals surface area (Å²) in [6.45, 7) is 0.569. The third-order valence-corrected chi connectivity index (χ3v) is 3.71. The molecule has 6 nitrogen and oxygen atoms in total. The van der Waals surface area contributed by atoms with Gasteiger partial charge in [0.2, 0.25) is 5.91 Å². The van der Waals surface area contributed by atoms with Crippen LogP contribution in [0.3, 0.4) is 0 Å². The average molecular weight is 293 g/mol. The van der Waals surface area contributed by atoms with Crippen LogP contribution in [0.5, 0.6) is 11.5 Å². The lowest BCUT2D eigenvalue weighted by Gasteiger charge is -2.22. The van der Waals surface area contributed by atoms with Crippen molar-refractivity contribution >= 4 is 11.9 Å². The van der Waals surface area contributed by atoms with E-state index in [1.165, 1.54) is 19.2 Å². The molecule has 0 radical (unpaired) electrons. The highest BCUT2D eigenvalue weighted by Crippen LogP contribution is 2.26. The topological polar surface area (TPSA) is 87.1 Å². The van der Waals surface area contributed by atoms with Gasteiger partial charge in [0, 0.05) is 13.0 Å². The maximum Gasteiger partial charge on any atom is 0.328 e. The number of phenols is 2. The van der Waals surface area contributed by atoms with Gasteiger partial charge in [0.05, 0.1) is 7.11 Å². The van der Waals surface area contributed by atoms with Crippen molar-refractivity contribution in [3.05, 3.63) is 23.8 Å². The van der Waals surface area contributed by atoms with Crippen LogP contribution in [0.4, 0.5) is 0 Å². The molecular weight excluding hydrogens is 274 g/mol. The third kappa shape index (κ3) is 3.45. The number of amides is 1. The number of phenolic OH excluding ortho intramolecular Hbond substituents is 2. The van der Waals surface area contributed by atoms with E-state index in [1.54, 1.807) is 11.0 Å². The number of carbonyl (C=O) groups excluding carboxylic acids is 2. The summed E-state index contributed by atoms with van der Waals surface area (Å²) < 4.78 is 4.71. The van der Waals surface area contributed by atoms with Crippen molar-refractivity contribution in [2.75, 3.05) is 13.7 Å². The van der Waals surface area contributed by atoms with Crippen molar-refractivity contribution in [2.45, 2.75) is 31.7 Å². The second-order valence-corrected chi connectivity index (χ2v) is 5.09. The van der Waals surface area contributed by atoms with E-state index in [0.717, 1.165) is 12.0 Å². The normalized spacial score (nSPS) is 17.8. The van der Waals surface area contributed by atoms with Gasteiger partial charge in [0.25, 0.3) is 0 Å². The van der Waals surface area contributed by atoms with Gasteiger partial charge in [-0.2, -0.15) is 0 Å².